The van der Waals surface area contributed by atoms with Gasteiger partial charge in [-0.3, -0.25) is 0 Å². The van der Waals surface area contributed by atoms with Gasteiger partial charge in [-0.2, -0.15) is 0 Å². The first-order chi connectivity index (χ1) is 11.6. The number of imidazole rings is 1. The lowest BCUT2D eigenvalue weighted by atomic mass is 9.94. The summed E-state index contributed by atoms with van der Waals surface area (Å²) in [6, 6.07) is 0. The summed E-state index contributed by atoms with van der Waals surface area (Å²) in [6.45, 7) is 7.73. The molecule has 0 bridgehead atoms. The molecule has 3 heterocycles. The molecular formula is C17H28N6S. The van der Waals surface area contributed by atoms with E-state index in [1.165, 1.54) is 18.5 Å². The molecule has 1 fully saturated rings. The third kappa shape index (κ3) is 4.39. The van der Waals surface area contributed by atoms with Crippen molar-refractivity contribution in [2.24, 2.45) is 18.9 Å². The van der Waals surface area contributed by atoms with Crippen molar-refractivity contribution in [3.63, 3.8) is 0 Å². The molecule has 0 spiro atoms. The van der Waals surface area contributed by atoms with Crippen molar-refractivity contribution in [2.75, 3.05) is 13.1 Å². The number of hydrogen-bond donors (Lipinski definition) is 1. The van der Waals surface area contributed by atoms with E-state index in [0.717, 1.165) is 48.7 Å². The molecule has 7 heteroatoms. The van der Waals surface area contributed by atoms with Crippen LogP contribution in [-0.4, -0.2) is 37.4 Å². The Morgan fingerprint density at radius 1 is 1.29 bits per heavy atom. The van der Waals surface area contributed by atoms with E-state index in [1.807, 2.05) is 12.5 Å². The highest BCUT2D eigenvalue weighted by Gasteiger charge is 2.18. The summed E-state index contributed by atoms with van der Waals surface area (Å²) in [5, 5.41) is 13.2. The zero-order chi connectivity index (χ0) is 16.9. The monoisotopic (exact) mass is 348 g/mol. The molecule has 2 aromatic rings. The zero-order valence-electron chi connectivity index (χ0n) is 14.9. The van der Waals surface area contributed by atoms with E-state index in [2.05, 4.69) is 50.5 Å². The Morgan fingerprint density at radius 2 is 2.08 bits per heavy atom. The molecule has 3 rings (SSSR count). The Hall–Kier alpha value is -1.34. The molecule has 2 aromatic heterocycles. The first-order valence-corrected chi connectivity index (χ1v) is 9.83. The van der Waals surface area contributed by atoms with E-state index in [0.29, 0.717) is 5.92 Å². The van der Waals surface area contributed by atoms with Crippen LogP contribution in [0.15, 0.2) is 17.7 Å². The van der Waals surface area contributed by atoms with Crippen molar-refractivity contribution in [2.45, 2.75) is 50.6 Å². The summed E-state index contributed by atoms with van der Waals surface area (Å²) in [6.07, 6.45) is 7.40. The average molecular weight is 349 g/mol. The number of nitrogens with zero attached hydrogens (tertiary/aromatic N) is 5. The van der Waals surface area contributed by atoms with Crippen LogP contribution in [0.25, 0.3) is 0 Å². The highest BCUT2D eigenvalue weighted by Crippen LogP contribution is 2.23. The zero-order valence-corrected chi connectivity index (χ0v) is 15.7. The molecule has 6 nitrogen and oxygen atoms in total. The molecule has 132 valence electrons. The minimum atomic E-state index is 0.620. The maximum absolute atomic E-state index is 4.43. The lowest BCUT2D eigenvalue weighted by Gasteiger charge is -2.21. The van der Waals surface area contributed by atoms with Gasteiger partial charge in [-0.15, -0.1) is 10.2 Å². The largest absolute Gasteiger partial charge is 0.334 e. The van der Waals surface area contributed by atoms with Crippen LogP contribution in [0.1, 0.15) is 38.2 Å². The summed E-state index contributed by atoms with van der Waals surface area (Å²) >= 11 is 1.75. The normalized spacial score (nSPS) is 16.2. The number of thioether (sulfide) groups is 1. The third-order valence-electron chi connectivity index (χ3n) is 4.56. The van der Waals surface area contributed by atoms with Crippen LogP contribution in [-0.2, 0) is 25.8 Å². The Kier molecular flexibility index (Phi) is 5.94. The van der Waals surface area contributed by atoms with E-state index < -0.39 is 0 Å². The average Bonchev–Trinajstić information content (AvgIpc) is 3.14. The van der Waals surface area contributed by atoms with Gasteiger partial charge in [-0.1, -0.05) is 25.6 Å². The van der Waals surface area contributed by atoms with E-state index in [9.17, 15) is 0 Å². The Morgan fingerprint density at radius 3 is 2.83 bits per heavy atom. The van der Waals surface area contributed by atoms with Crippen molar-refractivity contribution < 1.29 is 0 Å². The van der Waals surface area contributed by atoms with Gasteiger partial charge in [0.15, 0.2) is 5.16 Å². The second-order valence-electron chi connectivity index (χ2n) is 7.08. The number of aromatic nitrogens is 5. The predicted octanol–water partition coefficient (Wildman–Crippen LogP) is 2.50. The van der Waals surface area contributed by atoms with Crippen molar-refractivity contribution in [1.82, 2.24) is 29.6 Å². The van der Waals surface area contributed by atoms with E-state index >= 15 is 0 Å². The summed E-state index contributed by atoms with van der Waals surface area (Å²) in [4.78, 5) is 4.29. The van der Waals surface area contributed by atoms with Gasteiger partial charge in [0, 0.05) is 37.7 Å². The fourth-order valence-electron chi connectivity index (χ4n) is 3.16. The van der Waals surface area contributed by atoms with Crippen LogP contribution >= 0.6 is 11.8 Å². The SMILES string of the molecule is CC(C)Cn1cncc1CSc1nnc(CC2CCNCC2)n1C. The van der Waals surface area contributed by atoms with Gasteiger partial charge in [0.2, 0.25) is 0 Å². The fourth-order valence-corrected chi connectivity index (χ4v) is 4.07. The molecule has 1 aliphatic rings. The molecule has 0 saturated carbocycles. The molecule has 1 N–H and O–H groups in total. The summed E-state index contributed by atoms with van der Waals surface area (Å²) in [7, 11) is 2.09. The van der Waals surface area contributed by atoms with Gasteiger partial charge >= 0.3 is 0 Å². The van der Waals surface area contributed by atoms with Crippen molar-refractivity contribution in [3.8, 4) is 0 Å². The highest BCUT2D eigenvalue weighted by molar-refractivity contribution is 7.98. The van der Waals surface area contributed by atoms with Gasteiger partial charge in [-0.05, 0) is 37.8 Å². The maximum Gasteiger partial charge on any atom is 0.191 e. The van der Waals surface area contributed by atoms with Gasteiger partial charge in [0.1, 0.15) is 5.82 Å². The molecule has 0 amide bonds. The lowest BCUT2D eigenvalue weighted by molar-refractivity contribution is 0.363. The maximum atomic E-state index is 4.43. The quantitative estimate of drug-likeness (QED) is 0.779. The summed E-state index contributed by atoms with van der Waals surface area (Å²) in [5.74, 6) is 3.35. The third-order valence-corrected chi connectivity index (χ3v) is 5.62. The number of hydrogen-bond acceptors (Lipinski definition) is 5. The van der Waals surface area contributed by atoms with Crippen molar-refractivity contribution in [3.05, 3.63) is 24.0 Å². The second kappa shape index (κ2) is 8.16. The Labute approximate surface area is 148 Å². The van der Waals surface area contributed by atoms with Gasteiger partial charge in [0.25, 0.3) is 0 Å². The number of rotatable bonds is 7. The molecule has 0 radical (unpaired) electrons. The van der Waals surface area contributed by atoms with Crippen LogP contribution < -0.4 is 5.32 Å². The summed E-state index contributed by atoms with van der Waals surface area (Å²) in [5.41, 5.74) is 1.25. The Bertz CT molecular complexity index is 641. The number of piperidine rings is 1. The van der Waals surface area contributed by atoms with Crippen molar-refractivity contribution >= 4 is 11.8 Å². The van der Waals surface area contributed by atoms with Crippen LogP contribution in [0.5, 0.6) is 0 Å². The minimum absolute atomic E-state index is 0.620. The van der Waals surface area contributed by atoms with Crippen LogP contribution in [0.2, 0.25) is 0 Å². The van der Waals surface area contributed by atoms with Crippen molar-refractivity contribution in [1.29, 1.82) is 0 Å². The smallest absolute Gasteiger partial charge is 0.191 e. The molecule has 0 unspecified atom stereocenters. The molecule has 0 aromatic carbocycles. The second-order valence-corrected chi connectivity index (χ2v) is 8.02. The molecular weight excluding hydrogens is 320 g/mol. The predicted molar refractivity (Wildman–Crippen MR) is 96.9 cm³/mol. The van der Waals surface area contributed by atoms with E-state index in [4.69, 9.17) is 0 Å². The molecule has 24 heavy (non-hydrogen) atoms. The molecule has 1 saturated heterocycles. The van der Waals surface area contributed by atoms with Crippen LogP contribution in [0, 0.1) is 11.8 Å². The van der Waals surface area contributed by atoms with E-state index in [-0.39, 0.29) is 0 Å². The van der Waals surface area contributed by atoms with Gasteiger partial charge in [0.05, 0.1) is 6.33 Å². The first kappa shape index (κ1) is 17.5. The first-order valence-electron chi connectivity index (χ1n) is 8.84. The topological polar surface area (TPSA) is 60.6 Å². The Balaban J connectivity index is 1.59. The fraction of sp³-hybridized carbons (Fsp3) is 0.706. The minimum Gasteiger partial charge on any atom is -0.334 e. The number of nitrogens with one attached hydrogen (secondary N) is 1. The lowest BCUT2D eigenvalue weighted by Crippen LogP contribution is -2.29. The van der Waals surface area contributed by atoms with Gasteiger partial charge in [-0.25, -0.2) is 4.98 Å². The molecule has 1 aliphatic heterocycles. The van der Waals surface area contributed by atoms with Gasteiger partial charge < -0.3 is 14.5 Å². The standard InChI is InChI=1S/C17H28N6S/c1-13(2)10-23-12-19-9-15(23)11-24-17-21-20-16(22(17)3)8-14-4-6-18-7-5-14/h9,12-14,18H,4-8,10-11H2,1-3H3. The van der Waals surface area contributed by atoms with Crippen LogP contribution in [0.4, 0.5) is 0 Å². The molecule has 0 aliphatic carbocycles. The van der Waals surface area contributed by atoms with E-state index in [1.54, 1.807) is 11.8 Å². The highest BCUT2D eigenvalue weighted by atomic mass is 32.2. The van der Waals surface area contributed by atoms with Crippen LogP contribution in [0.3, 0.4) is 0 Å². The summed E-state index contributed by atoms with van der Waals surface area (Å²) < 4.78 is 4.40. The molecule has 0 atom stereocenters.